The molecular formula is C61H124N2O6P+. The first kappa shape index (κ1) is 69.2. The number of phosphoric acid groups is 1. The SMILES string of the molecule is CCCCCCCCCCCCCCCCCCCCCCCCCCC/C=C/C(O)C(COP(=O)(O)OCC[N+](C)(C)C)NC(=O)CCCCCCCCCCCCCCCCCCCCCCC. The van der Waals surface area contributed by atoms with Crippen LogP contribution in [-0.4, -0.2) is 73.4 Å². The van der Waals surface area contributed by atoms with E-state index in [1.54, 1.807) is 6.08 Å². The molecule has 0 aliphatic rings. The Morgan fingerprint density at radius 2 is 0.757 bits per heavy atom. The van der Waals surface area contributed by atoms with Crippen LogP contribution < -0.4 is 5.32 Å². The van der Waals surface area contributed by atoms with Crippen molar-refractivity contribution in [2.75, 3.05) is 40.9 Å². The molecule has 0 radical (unpaired) electrons. The minimum Gasteiger partial charge on any atom is -0.387 e. The highest BCUT2D eigenvalue weighted by molar-refractivity contribution is 7.47. The number of allylic oxidation sites excluding steroid dienone is 1. The number of likely N-dealkylation sites (N-methyl/N-ethyl adjacent to an activating group) is 1. The average Bonchev–Trinajstić information content (AvgIpc) is 3.32. The molecular weight excluding hydrogens is 888 g/mol. The smallest absolute Gasteiger partial charge is 0.387 e. The lowest BCUT2D eigenvalue weighted by Crippen LogP contribution is -2.45. The second-order valence-corrected chi connectivity index (χ2v) is 24.3. The molecule has 1 amide bonds. The summed E-state index contributed by atoms with van der Waals surface area (Å²) in [5.74, 6) is -0.169. The molecule has 9 heteroatoms. The quantitative estimate of drug-likeness (QED) is 0.0243. The van der Waals surface area contributed by atoms with Gasteiger partial charge in [0.25, 0.3) is 0 Å². The number of nitrogens with zero attached hydrogens (tertiary/aromatic N) is 1. The van der Waals surface area contributed by atoms with Crippen molar-refractivity contribution in [2.24, 2.45) is 0 Å². The molecule has 0 aliphatic carbocycles. The number of hydrogen-bond acceptors (Lipinski definition) is 5. The molecule has 70 heavy (non-hydrogen) atoms. The first-order chi connectivity index (χ1) is 34.0. The first-order valence-corrected chi connectivity index (χ1v) is 32.6. The summed E-state index contributed by atoms with van der Waals surface area (Å²) < 4.78 is 23.8. The summed E-state index contributed by atoms with van der Waals surface area (Å²) in [6.45, 7) is 4.88. The second kappa shape index (κ2) is 53.1. The van der Waals surface area contributed by atoms with E-state index in [1.165, 1.54) is 270 Å². The third-order valence-corrected chi connectivity index (χ3v) is 15.5. The lowest BCUT2D eigenvalue weighted by molar-refractivity contribution is -0.870. The third kappa shape index (κ3) is 55.0. The Labute approximate surface area is 437 Å². The van der Waals surface area contributed by atoms with Crippen molar-refractivity contribution in [2.45, 2.75) is 334 Å². The molecule has 3 atom stereocenters. The van der Waals surface area contributed by atoms with Crippen molar-refractivity contribution in [1.29, 1.82) is 0 Å². The van der Waals surface area contributed by atoms with Gasteiger partial charge < -0.3 is 19.8 Å². The van der Waals surface area contributed by atoms with Crippen molar-refractivity contribution in [3.05, 3.63) is 12.2 Å². The summed E-state index contributed by atoms with van der Waals surface area (Å²) in [7, 11) is 1.59. The van der Waals surface area contributed by atoms with Crippen molar-refractivity contribution in [3.8, 4) is 0 Å². The van der Waals surface area contributed by atoms with Crippen LogP contribution in [0.2, 0.25) is 0 Å². The van der Waals surface area contributed by atoms with Crippen LogP contribution in [0, 0.1) is 0 Å². The van der Waals surface area contributed by atoms with Gasteiger partial charge in [0.15, 0.2) is 0 Å². The number of aliphatic hydroxyl groups excluding tert-OH is 1. The molecule has 3 N–H and O–H groups in total. The summed E-state index contributed by atoms with van der Waals surface area (Å²) >= 11 is 0. The van der Waals surface area contributed by atoms with Gasteiger partial charge >= 0.3 is 7.82 Å². The van der Waals surface area contributed by atoms with Gasteiger partial charge in [0, 0.05) is 6.42 Å². The van der Waals surface area contributed by atoms with Crippen LogP contribution >= 0.6 is 7.82 Å². The van der Waals surface area contributed by atoms with Gasteiger partial charge in [0.1, 0.15) is 13.2 Å². The molecule has 0 spiro atoms. The van der Waals surface area contributed by atoms with E-state index in [9.17, 15) is 19.4 Å². The summed E-state index contributed by atoms with van der Waals surface area (Å²) in [6, 6.07) is -0.842. The first-order valence-electron chi connectivity index (χ1n) is 31.1. The maximum absolute atomic E-state index is 13.0. The summed E-state index contributed by atoms with van der Waals surface area (Å²) in [6.07, 6.45) is 66.1. The molecule has 0 fully saturated rings. The summed E-state index contributed by atoms with van der Waals surface area (Å²) in [5, 5.41) is 14.0. The van der Waals surface area contributed by atoms with Crippen LogP contribution in [0.15, 0.2) is 12.2 Å². The van der Waals surface area contributed by atoms with Crippen LogP contribution in [0.3, 0.4) is 0 Å². The molecule has 0 aromatic carbocycles. The van der Waals surface area contributed by atoms with Crippen molar-refractivity contribution in [1.82, 2.24) is 5.32 Å². The molecule has 0 aromatic rings. The molecule has 0 aliphatic heterocycles. The van der Waals surface area contributed by atoms with Gasteiger partial charge in [-0.25, -0.2) is 4.57 Å². The normalized spacial score (nSPS) is 13.9. The Kier molecular flexibility index (Phi) is 52.5. The minimum atomic E-state index is -4.34. The van der Waals surface area contributed by atoms with E-state index in [0.717, 1.165) is 32.1 Å². The fourth-order valence-electron chi connectivity index (χ4n) is 9.63. The van der Waals surface area contributed by atoms with Crippen molar-refractivity contribution < 1.29 is 32.9 Å². The zero-order chi connectivity index (χ0) is 51.3. The van der Waals surface area contributed by atoms with Gasteiger partial charge in [-0.2, -0.15) is 0 Å². The monoisotopic (exact) mass is 1010 g/mol. The molecule has 418 valence electrons. The third-order valence-electron chi connectivity index (χ3n) is 14.5. The summed E-state index contributed by atoms with van der Waals surface area (Å²) in [5.41, 5.74) is 0. The molecule has 3 unspecified atom stereocenters. The van der Waals surface area contributed by atoms with E-state index in [2.05, 4.69) is 19.2 Å². The van der Waals surface area contributed by atoms with Crippen LogP contribution in [0.25, 0.3) is 0 Å². The van der Waals surface area contributed by atoms with Crippen molar-refractivity contribution in [3.63, 3.8) is 0 Å². The van der Waals surface area contributed by atoms with E-state index in [-0.39, 0.29) is 19.1 Å². The number of quaternary nitrogens is 1. The molecule has 0 bridgehead atoms. The largest absolute Gasteiger partial charge is 0.472 e. The van der Waals surface area contributed by atoms with Gasteiger partial charge in [-0.15, -0.1) is 0 Å². The van der Waals surface area contributed by atoms with Gasteiger partial charge in [0.05, 0.1) is 39.9 Å². The molecule has 0 saturated heterocycles. The van der Waals surface area contributed by atoms with Gasteiger partial charge in [-0.3, -0.25) is 13.8 Å². The van der Waals surface area contributed by atoms with E-state index < -0.39 is 20.0 Å². The summed E-state index contributed by atoms with van der Waals surface area (Å²) in [4.78, 5) is 23.3. The maximum atomic E-state index is 13.0. The highest BCUT2D eigenvalue weighted by Crippen LogP contribution is 2.43. The number of rotatable bonds is 58. The Morgan fingerprint density at radius 1 is 0.471 bits per heavy atom. The molecule has 0 rings (SSSR count). The predicted molar refractivity (Wildman–Crippen MR) is 305 cm³/mol. The molecule has 0 aromatic heterocycles. The topological polar surface area (TPSA) is 105 Å². The predicted octanol–water partition coefficient (Wildman–Crippen LogP) is 19.0. The van der Waals surface area contributed by atoms with E-state index in [4.69, 9.17) is 9.05 Å². The van der Waals surface area contributed by atoms with Crippen LogP contribution in [-0.2, 0) is 18.4 Å². The molecule has 0 heterocycles. The molecule has 0 saturated carbocycles. The minimum absolute atomic E-state index is 0.0653. The number of hydrogen-bond donors (Lipinski definition) is 3. The van der Waals surface area contributed by atoms with Gasteiger partial charge in [-0.1, -0.05) is 309 Å². The zero-order valence-corrected chi connectivity index (χ0v) is 48.7. The van der Waals surface area contributed by atoms with Crippen molar-refractivity contribution >= 4 is 13.7 Å². The van der Waals surface area contributed by atoms with E-state index in [1.807, 2.05) is 27.2 Å². The van der Waals surface area contributed by atoms with Crippen LogP contribution in [0.5, 0.6) is 0 Å². The zero-order valence-electron chi connectivity index (χ0n) is 47.8. The Hall–Kier alpha value is -0.760. The van der Waals surface area contributed by atoms with Crippen LogP contribution in [0.1, 0.15) is 322 Å². The van der Waals surface area contributed by atoms with E-state index in [0.29, 0.717) is 17.4 Å². The number of carbonyl (C=O) groups is 1. The Bertz CT molecular complexity index is 1150. The highest BCUT2D eigenvalue weighted by Gasteiger charge is 2.27. The average molecular weight is 1010 g/mol. The van der Waals surface area contributed by atoms with Gasteiger partial charge in [-0.05, 0) is 19.3 Å². The number of nitrogens with one attached hydrogen (secondary N) is 1. The maximum Gasteiger partial charge on any atom is 0.472 e. The standard InChI is InChI=1S/C61H123N2O6P/c1-6-8-10-12-14-16-18-20-22-24-26-28-29-30-31-32-33-35-36-38-40-42-44-46-48-50-52-54-60(64)59(58-69-70(66,67)68-57-56-63(3,4)5)62-61(65)55-53-51-49-47-45-43-41-39-37-34-27-25-23-21-19-17-15-13-11-9-7-2/h52,54,59-60,64H,6-51,53,55-58H2,1-5H3,(H-,62,65,66,67)/p+1/b54-52+. The second-order valence-electron chi connectivity index (χ2n) is 22.8. The Morgan fingerprint density at radius 3 is 1.06 bits per heavy atom. The van der Waals surface area contributed by atoms with Gasteiger partial charge in [0.2, 0.25) is 5.91 Å². The lowest BCUT2D eigenvalue weighted by atomic mass is 10.0. The number of phosphoric ester groups is 1. The number of amides is 1. The lowest BCUT2D eigenvalue weighted by Gasteiger charge is -2.25. The van der Waals surface area contributed by atoms with Crippen LogP contribution in [0.4, 0.5) is 0 Å². The Balaban J connectivity index is 4.12. The van der Waals surface area contributed by atoms with E-state index >= 15 is 0 Å². The number of unbranched alkanes of at least 4 members (excludes halogenated alkanes) is 45. The fourth-order valence-corrected chi connectivity index (χ4v) is 10.4. The highest BCUT2D eigenvalue weighted by atomic mass is 31.2. The fraction of sp³-hybridized carbons (Fsp3) is 0.951. The molecule has 8 nitrogen and oxygen atoms in total. The number of aliphatic hydroxyl groups is 1. The number of carbonyl (C=O) groups excluding carboxylic acids is 1.